The minimum atomic E-state index is -0.106. The van der Waals surface area contributed by atoms with Gasteiger partial charge in [0.05, 0.1) is 34.8 Å². The van der Waals surface area contributed by atoms with Gasteiger partial charge in [-0.05, 0) is 55.3 Å². The first-order valence-electron chi connectivity index (χ1n) is 11.1. The lowest BCUT2D eigenvalue weighted by molar-refractivity contribution is 0.186. The molecular weight excluding hydrogens is 432 g/mol. The lowest BCUT2D eigenvalue weighted by atomic mass is 10.1. The lowest BCUT2D eigenvalue weighted by Gasteiger charge is -2.29. The number of benzene rings is 2. The average molecular weight is 457 g/mol. The van der Waals surface area contributed by atoms with E-state index in [4.69, 9.17) is 19.4 Å². The number of nitrogens with one attached hydrogen (secondary N) is 1. The number of pyridine rings is 1. The SMILES string of the molecule is CCOc1ccc([C@@H]2Nc3c(sc4nc(C)cc(COC)c34)-c3nc4ccccc4n32)cc1. The van der Waals surface area contributed by atoms with Gasteiger partial charge in [-0.15, -0.1) is 11.3 Å². The van der Waals surface area contributed by atoms with Gasteiger partial charge in [0.25, 0.3) is 0 Å². The number of aryl methyl sites for hydroxylation is 1. The first-order chi connectivity index (χ1) is 16.2. The van der Waals surface area contributed by atoms with E-state index in [2.05, 4.69) is 46.3 Å². The molecule has 1 N–H and O–H groups in total. The highest BCUT2D eigenvalue weighted by atomic mass is 32.1. The van der Waals surface area contributed by atoms with Gasteiger partial charge in [-0.3, -0.25) is 4.57 Å². The van der Waals surface area contributed by atoms with Crippen LogP contribution in [-0.2, 0) is 11.3 Å². The maximum atomic E-state index is 5.67. The molecule has 0 radical (unpaired) electrons. The Bertz CT molecular complexity index is 1490. The van der Waals surface area contributed by atoms with Gasteiger partial charge in [-0.25, -0.2) is 9.97 Å². The molecule has 2 aromatic carbocycles. The van der Waals surface area contributed by atoms with Gasteiger partial charge in [0, 0.05) is 18.2 Å². The number of aromatic nitrogens is 3. The molecule has 1 aliphatic heterocycles. The monoisotopic (exact) mass is 456 g/mol. The molecule has 166 valence electrons. The molecule has 5 aromatic rings. The van der Waals surface area contributed by atoms with E-state index in [-0.39, 0.29) is 6.17 Å². The summed E-state index contributed by atoms with van der Waals surface area (Å²) in [5.41, 5.74) is 6.43. The van der Waals surface area contributed by atoms with Crippen LogP contribution in [0.5, 0.6) is 5.75 Å². The van der Waals surface area contributed by atoms with Gasteiger partial charge in [0.1, 0.15) is 16.7 Å². The predicted molar refractivity (Wildman–Crippen MR) is 133 cm³/mol. The Morgan fingerprint density at radius 2 is 1.91 bits per heavy atom. The zero-order valence-electron chi connectivity index (χ0n) is 18.8. The molecule has 1 atom stereocenters. The molecule has 0 spiro atoms. The number of para-hydroxylation sites is 2. The summed E-state index contributed by atoms with van der Waals surface area (Å²) in [5.74, 6) is 1.84. The summed E-state index contributed by atoms with van der Waals surface area (Å²) in [6.07, 6.45) is -0.106. The molecule has 0 bridgehead atoms. The van der Waals surface area contributed by atoms with Crippen LogP contribution in [-0.4, -0.2) is 28.3 Å². The Morgan fingerprint density at radius 3 is 2.70 bits per heavy atom. The van der Waals surface area contributed by atoms with Crippen LogP contribution in [0.25, 0.3) is 32.0 Å². The summed E-state index contributed by atoms with van der Waals surface area (Å²) in [4.78, 5) is 12.0. The van der Waals surface area contributed by atoms with Crippen LogP contribution >= 0.6 is 11.3 Å². The summed E-state index contributed by atoms with van der Waals surface area (Å²) in [6.45, 7) is 5.21. The largest absolute Gasteiger partial charge is 0.494 e. The fraction of sp³-hybridized carbons (Fsp3) is 0.231. The number of hydrogen-bond acceptors (Lipinski definition) is 6. The second kappa shape index (κ2) is 7.86. The van der Waals surface area contributed by atoms with Crippen molar-refractivity contribution in [1.82, 2.24) is 14.5 Å². The Hall–Kier alpha value is -3.42. The van der Waals surface area contributed by atoms with Gasteiger partial charge in [-0.2, -0.15) is 0 Å². The maximum Gasteiger partial charge on any atom is 0.155 e. The van der Waals surface area contributed by atoms with Crippen molar-refractivity contribution in [1.29, 1.82) is 0 Å². The molecule has 0 unspecified atom stereocenters. The molecule has 4 heterocycles. The van der Waals surface area contributed by atoms with Crippen LogP contribution in [0.3, 0.4) is 0 Å². The molecule has 33 heavy (non-hydrogen) atoms. The third-order valence-corrected chi connectivity index (χ3v) is 7.10. The normalized spacial score (nSPS) is 14.8. The third kappa shape index (κ3) is 3.19. The molecule has 0 saturated heterocycles. The van der Waals surface area contributed by atoms with Crippen molar-refractivity contribution in [2.75, 3.05) is 19.0 Å². The number of anilines is 1. The smallest absolute Gasteiger partial charge is 0.155 e. The summed E-state index contributed by atoms with van der Waals surface area (Å²) in [6, 6.07) is 18.7. The highest BCUT2D eigenvalue weighted by molar-refractivity contribution is 7.22. The van der Waals surface area contributed by atoms with E-state index in [0.717, 1.165) is 60.2 Å². The highest BCUT2D eigenvalue weighted by Crippen LogP contribution is 2.49. The Kier molecular flexibility index (Phi) is 4.81. The Balaban J connectivity index is 1.61. The zero-order valence-corrected chi connectivity index (χ0v) is 19.6. The van der Waals surface area contributed by atoms with Crippen molar-refractivity contribution < 1.29 is 9.47 Å². The molecule has 0 aliphatic carbocycles. The number of fused-ring (bicyclic) bond motifs is 7. The molecule has 0 saturated carbocycles. The zero-order chi connectivity index (χ0) is 22.5. The quantitative estimate of drug-likeness (QED) is 0.344. The van der Waals surface area contributed by atoms with E-state index in [0.29, 0.717) is 13.2 Å². The second-order valence-corrected chi connectivity index (χ2v) is 9.18. The molecule has 7 heteroatoms. The van der Waals surface area contributed by atoms with Crippen LogP contribution in [0.1, 0.15) is 29.9 Å². The summed E-state index contributed by atoms with van der Waals surface area (Å²) in [7, 11) is 1.73. The lowest BCUT2D eigenvalue weighted by Crippen LogP contribution is -2.24. The minimum Gasteiger partial charge on any atom is -0.494 e. The summed E-state index contributed by atoms with van der Waals surface area (Å²) < 4.78 is 13.5. The van der Waals surface area contributed by atoms with Gasteiger partial charge in [0.2, 0.25) is 0 Å². The van der Waals surface area contributed by atoms with Crippen molar-refractivity contribution in [3.05, 3.63) is 71.4 Å². The number of methoxy groups -OCH3 is 1. The van der Waals surface area contributed by atoms with Crippen molar-refractivity contribution in [2.24, 2.45) is 0 Å². The van der Waals surface area contributed by atoms with Crippen LogP contribution in [0.4, 0.5) is 5.69 Å². The van der Waals surface area contributed by atoms with E-state index in [1.54, 1.807) is 18.4 Å². The van der Waals surface area contributed by atoms with E-state index < -0.39 is 0 Å². The van der Waals surface area contributed by atoms with Crippen LogP contribution in [0.15, 0.2) is 54.6 Å². The van der Waals surface area contributed by atoms with Gasteiger partial charge in [-0.1, -0.05) is 24.3 Å². The fourth-order valence-corrected chi connectivity index (χ4v) is 5.91. The van der Waals surface area contributed by atoms with Gasteiger partial charge < -0.3 is 14.8 Å². The molecule has 6 rings (SSSR count). The van der Waals surface area contributed by atoms with E-state index in [1.807, 2.05) is 32.0 Å². The molecule has 0 fully saturated rings. The van der Waals surface area contributed by atoms with Crippen molar-refractivity contribution in [3.8, 4) is 16.5 Å². The number of nitrogens with zero attached hydrogens (tertiary/aromatic N) is 3. The van der Waals surface area contributed by atoms with Crippen molar-refractivity contribution in [2.45, 2.75) is 26.6 Å². The first-order valence-corrected chi connectivity index (χ1v) is 11.9. The molecule has 6 nitrogen and oxygen atoms in total. The van der Waals surface area contributed by atoms with Crippen LogP contribution in [0, 0.1) is 6.92 Å². The predicted octanol–water partition coefficient (Wildman–Crippen LogP) is 6.14. The summed E-state index contributed by atoms with van der Waals surface area (Å²) in [5, 5.41) is 4.96. The van der Waals surface area contributed by atoms with E-state index in [1.165, 1.54) is 0 Å². The number of imidazole rings is 1. The van der Waals surface area contributed by atoms with Gasteiger partial charge in [0.15, 0.2) is 5.82 Å². The summed E-state index contributed by atoms with van der Waals surface area (Å²) >= 11 is 1.69. The molecule has 1 aliphatic rings. The van der Waals surface area contributed by atoms with Crippen LogP contribution < -0.4 is 10.1 Å². The Morgan fingerprint density at radius 1 is 1.09 bits per heavy atom. The number of rotatable bonds is 5. The number of thiophene rings is 1. The molecular formula is C26H24N4O2S. The highest BCUT2D eigenvalue weighted by Gasteiger charge is 2.32. The number of ether oxygens (including phenoxy) is 2. The molecule has 3 aromatic heterocycles. The van der Waals surface area contributed by atoms with Crippen molar-refractivity contribution in [3.63, 3.8) is 0 Å². The van der Waals surface area contributed by atoms with E-state index in [9.17, 15) is 0 Å². The van der Waals surface area contributed by atoms with E-state index >= 15 is 0 Å². The third-order valence-electron chi connectivity index (χ3n) is 6.02. The second-order valence-electron chi connectivity index (χ2n) is 8.19. The van der Waals surface area contributed by atoms with Crippen molar-refractivity contribution >= 4 is 38.3 Å². The topological polar surface area (TPSA) is 61.2 Å². The first kappa shape index (κ1) is 20.2. The van der Waals surface area contributed by atoms with Crippen LogP contribution in [0.2, 0.25) is 0 Å². The average Bonchev–Trinajstić information content (AvgIpc) is 3.38. The Labute approximate surface area is 195 Å². The fourth-order valence-electron chi connectivity index (χ4n) is 4.69. The maximum absolute atomic E-state index is 5.67. The standard InChI is InChI=1S/C26H24N4O2S/c1-4-32-18-11-9-16(10-12-18)24-29-22-21-17(14-31-3)13-15(2)27-26(21)33-23(22)25-28-19-7-5-6-8-20(19)30(24)25/h5-13,24,29H,4,14H2,1-3H3/t24-/m1/s1. The minimum absolute atomic E-state index is 0.106. The van der Waals surface area contributed by atoms with Gasteiger partial charge >= 0.3 is 0 Å². The molecule has 0 amide bonds. The number of hydrogen-bond donors (Lipinski definition) is 1.